The summed E-state index contributed by atoms with van der Waals surface area (Å²) in [5, 5.41) is 10.4. The van der Waals surface area contributed by atoms with Gasteiger partial charge in [0.05, 0.1) is 20.8 Å². The van der Waals surface area contributed by atoms with Gasteiger partial charge >= 0.3 is 0 Å². The Labute approximate surface area is 141 Å². The molecule has 0 radical (unpaired) electrons. The molecule has 1 unspecified atom stereocenters. The van der Waals surface area contributed by atoms with Gasteiger partial charge in [-0.3, -0.25) is 0 Å². The zero-order chi connectivity index (χ0) is 14.0. The van der Waals surface area contributed by atoms with Crippen molar-refractivity contribution in [1.82, 2.24) is 0 Å². The summed E-state index contributed by atoms with van der Waals surface area (Å²) in [6, 6.07) is 7.72. The molecule has 1 aromatic heterocycles. The first kappa shape index (κ1) is 15.5. The molecule has 0 spiro atoms. The van der Waals surface area contributed by atoms with Gasteiger partial charge in [-0.05, 0) is 61.7 Å². The van der Waals surface area contributed by atoms with Crippen LogP contribution in [0.3, 0.4) is 0 Å². The number of halogens is 3. The molecule has 6 heteroatoms. The van der Waals surface area contributed by atoms with Gasteiger partial charge in [-0.1, -0.05) is 15.9 Å². The van der Waals surface area contributed by atoms with Gasteiger partial charge in [-0.15, -0.1) is 11.3 Å². The smallest absolute Gasteiger partial charge is 0.122 e. The maximum Gasteiger partial charge on any atom is 0.122 e. The Morgan fingerprint density at radius 3 is 2.58 bits per heavy atom. The molecule has 0 bridgehead atoms. The number of ether oxygens (including phenoxy) is 1. The molecule has 1 aromatic carbocycles. The summed E-state index contributed by atoms with van der Waals surface area (Å²) < 4.78 is 8.24. The Morgan fingerprint density at radius 2 is 2.00 bits per heavy atom. The maximum absolute atomic E-state index is 10.4. The van der Waals surface area contributed by atoms with Crippen LogP contribution in [0.4, 0.5) is 0 Å². The van der Waals surface area contributed by atoms with Crippen LogP contribution in [0.25, 0.3) is 0 Å². The number of hydrogen-bond donors (Lipinski definition) is 1. The molecule has 2 nitrogen and oxygen atoms in total. The molecule has 0 saturated heterocycles. The SMILES string of the molecule is COc1ccc(Br)cc1CC(O)c1cc(Br)sc1Br. The number of methoxy groups -OCH3 is 1. The van der Waals surface area contributed by atoms with Crippen LogP contribution in [0.1, 0.15) is 17.2 Å². The summed E-state index contributed by atoms with van der Waals surface area (Å²) in [7, 11) is 1.64. The van der Waals surface area contributed by atoms with E-state index in [4.69, 9.17) is 4.74 Å². The fraction of sp³-hybridized carbons (Fsp3) is 0.231. The van der Waals surface area contributed by atoms with Crippen LogP contribution < -0.4 is 4.74 Å². The van der Waals surface area contributed by atoms with Crippen LogP contribution in [0.15, 0.2) is 36.3 Å². The summed E-state index contributed by atoms with van der Waals surface area (Å²) in [6.07, 6.45) is -0.0650. The van der Waals surface area contributed by atoms with E-state index in [2.05, 4.69) is 47.8 Å². The number of aliphatic hydroxyl groups excluding tert-OH is 1. The first-order valence-electron chi connectivity index (χ1n) is 5.46. The Hall–Kier alpha value is 0.120. The van der Waals surface area contributed by atoms with Crippen LogP contribution in [-0.2, 0) is 6.42 Å². The van der Waals surface area contributed by atoms with Crippen molar-refractivity contribution in [1.29, 1.82) is 0 Å². The molecule has 2 aromatic rings. The van der Waals surface area contributed by atoms with Crippen molar-refractivity contribution < 1.29 is 9.84 Å². The first-order chi connectivity index (χ1) is 9.01. The van der Waals surface area contributed by atoms with Gasteiger partial charge in [0.25, 0.3) is 0 Å². The Balaban J connectivity index is 2.25. The van der Waals surface area contributed by atoms with Crippen molar-refractivity contribution in [3.05, 3.63) is 47.4 Å². The van der Waals surface area contributed by atoms with E-state index in [9.17, 15) is 5.11 Å². The first-order valence-corrected chi connectivity index (χ1v) is 8.66. The van der Waals surface area contributed by atoms with Crippen molar-refractivity contribution in [3.8, 4) is 5.75 Å². The van der Waals surface area contributed by atoms with E-state index < -0.39 is 6.10 Å². The summed E-state index contributed by atoms with van der Waals surface area (Å²) in [5.41, 5.74) is 1.86. The van der Waals surface area contributed by atoms with E-state index in [0.29, 0.717) is 6.42 Å². The second-order valence-electron chi connectivity index (χ2n) is 3.96. The maximum atomic E-state index is 10.4. The normalized spacial score (nSPS) is 12.5. The molecule has 0 amide bonds. The Bertz CT molecular complexity index is 583. The fourth-order valence-electron chi connectivity index (χ4n) is 1.81. The third-order valence-corrected chi connectivity index (χ3v) is 5.58. The summed E-state index contributed by atoms with van der Waals surface area (Å²) >= 11 is 11.9. The number of hydrogen-bond acceptors (Lipinski definition) is 3. The predicted octanol–water partition coefficient (Wildman–Crippen LogP) is 5.32. The van der Waals surface area contributed by atoms with E-state index in [-0.39, 0.29) is 0 Å². The highest BCUT2D eigenvalue weighted by Crippen LogP contribution is 2.37. The third-order valence-electron chi connectivity index (χ3n) is 2.70. The zero-order valence-corrected chi connectivity index (χ0v) is 15.6. The number of aliphatic hydroxyl groups is 1. The molecule has 0 fully saturated rings. The van der Waals surface area contributed by atoms with Gasteiger partial charge in [0.15, 0.2) is 0 Å². The average molecular weight is 471 g/mol. The standard InChI is InChI=1S/C13H11Br3O2S/c1-18-11-3-2-8(14)4-7(11)5-10(17)9-6-12(15)19-13(9)16/h2-4,6,10,17H,5H2,1H3. The molecular weight excluding hydrogens is 460 g/mol. The highest BCUT2D eigenvalue weighted by atomic mass is 79.9. The topological polar surface area (TPSA) is 29.5 Å². The van der Waals surface area contributed by atoms with Crippen molar-refractivity contribution in [2.75, 3.05) is 7.11 Å². The van der Waals surface area contributed by atoms with Gasteiger partial charge in [-0.2, -0.15) is 0 Å². The fourth-order valence-corrected chi connectivity index (χ4v) is 5.17. The van der Waals surface area contributed by atoms with Gasteiger partial charge in [-0.25, -0.2) is 0 Å². The number of thiophene rings is 1. The van der Waals surface area contributed by atoms with E-state index in [1.807, 2.05) is 24.3 Å². The number of rotatable bonds is 4. The Kier molecular flexibility index (Phi) is 5.48. The van der Waals surface area contributed by atoms with Crippen LogP contribution in [0.2, 0.25) is 0 Å². The van der Waals surface area contributed by atoms with Crippen LogP contribution in [0, 0.1) is 0 Å². The van der Waals surface area contributed by atoms with Gasteiger partial charge < -0.3 is 9.84 Å². The number of benzene rings is 1. The largest absolute Gasteiger partial charge is 0.496 e. The zero-order valence-electron chi connectivity index (χ0n) is 9.99. The lowest BCUT2D eigenvalue weighted by Crippen LogP contribution is -2.03. The highest BCUT2D eigenvalue weighted by molar-refractivity contribution is 9.12. The van der Waals surface area contributed by atoms with Crippen LogP contribution in [-0.4, -0.2) is 12.2 Å². The lowest BCUT2D eigenvalue weighted by molar-refractivity contribution is 0.177. The van der Waals surface area contributed by atoms with Crippen molar-refractivity contribution in [2.24, 2.45) is 0 Å². The molecule has 0 saturated carbocycles. The van der Waals surface area contributed by atoms with Crippen molar-refractivity contribution in [3.63, 3.8) is 0 Å². The van der Waals surface area contributed by atoms with Crippen LogP contribution in [0.5, 0.6) is 5.75 Å². The van der Waals surface area contributed by atoms with Gasteiger partial charge in [0, 0.05) is 16.5 Å². The molecule has 0 aliphatic heterocycles. The lowest BCUT2D eigenvalue weighted by atomic mass is 10.0. The molecule has 2 rings (SSSR count). The van der Waals surface area contributed by atoms with E-state index in [0.717, 1.165) is 28.9 Å². The molecule has 0 aliphatic carbocycles. The van der Waals surface area contributed by atoms with E-state index in [1.54, 1.807) is 18.4 Å². The minimum Gasteiger partial charge on any atom is -0.496 e. The van der Waals surface area contributed by atoms with E-state index >= 15 is 0 Å². The van der Waals surface area contributed by atoms with Gasteiger partial charge in [0.1, 0.15) is 5.75 Å². The van der Waals surface area contributed by atoms with Gasteiger partial charge in [0.2, 0.25) is 0 Å². The highest BCUT2D eigenvalue weighted by Gasteiger charge is 2.17. The minimum atomic E-state index is -0.569. The average Bonchev–Trinajstić information content (AvgIpc) is 2.69. The molecule has 1 N–H and O–H groups in total. The Morgan fingerprint density at radius 1 is 1.26 bits per heavy atom. The second-order valence-corrected chi connectivity index (χ2v) is 8.62. The summed E-state index contributed by atoms with van der Waals surface area (Å²) in [4.78, 5) is 0. The third kappa shape index (κ3) is 3.82. The van der Waals surface area contributed by atoms with Crippen molar-refractivity contribution >= 4 is 59.1 Å². The molecule has 1 heterocycles. The summed E-state index contributed by atoms with van der Waals surface area (Å²) in [6.45, 7) is 0. The molecular formula is C13H11Br3O2S. The summed E-state index contributed by atoms with van der Waals surface area (Å²) in [5.74, 6) is 0.785. The van der Waals surface area contributed by atoms with E-state index in [1.165, 1.54) is 0 Å². The molecule has 19 heavy (non-hydrogen) atoms. The quantitative estimate of drug-likeness (QED) is 0.655. The second kappa shape index (κ2) is 6.72. The predicted molar refractivity (Wildman–Crippen MR) is 89.1 cm³/mol. The molecule has 1 atom stereocenters. The van der Waals surface area contributed by atoms with Crippen LogP contribution >= 0.6 is 59.1 Å². The molecule has 102 valence electrons. The molecule has 0 aliphatic rings. The lowest BCUT2D eigenvalue weighted by Gasteiger charge is -2.13. The van der Waals surface area contributed by atoms with Crippen molar-refractivity contribution in [2.45, 2.75) is 12.5 Å². The monoisotopic (exact) mass is 468 g/mol. The minimum absolute atomic E-state index is 0.504.